The SMILES string of the molecule is O=C(N1CC(c2ccc(C3(C(F)(F)F)CC3)cc2)C1)N1C[C@H]2COc3cn[nH]c3[C@H]2C1. The molecule has 6 nitrogen and oxygen atoms in total. The van der Waals surface area contributed by atoms with Gasteiger partial charge in [0.1, 0.15) is 0 Å². The van der Waals surface area contributed by atoms with Gasteiger partial charge in [-0.05, 0) is 24.0 Å². The number of benzene rings is 1. The number of hydrogen-bond acceptors (Lipinski definition) is 3. The van der Waals surface area contributed by atoms with E-state index in [0.717, 1.165) is 17.0 Å². The van der Waals surface area contributed by atoms with Gasteiger partial charge in [-0.2, -0.15) is 18.3 Å². The zero-order chi connectivity index (χ0) is 21.4. The van der Waals surface area contributed by atoms with Gasteiger partial charge >= 0.3 is 12.2 Å². The minimum absolute atomic E-state index is 0.0253. The number of H-pyrrole nitrogens is 1. The first-order chi connectivity index (χ1) is 14.9. The summed E-state index contributed by atoms with van der Waals surface area (Å²) in [5.41, 5.74) is 0.686. The maximum atomic E-state index is 13.3. The summed E-state index contributed by atoms with van der Waals surface area (Å²) < 4.78 is 45.7. The molecule has 3 aliphatic heterocycles. The third kappa shape index (κ3) is 2.85. The second kappa shape index (κ2) is 6.40. The van der Waals surface area contributed by atoms with Crippen LogP contribution in [0.3, 0.4) is 0 Å². The molecule has 1 aromatic heterocycles. The number of aromatic amines is 1. The summed E-state index contributed by atoms with van der Waals surface area (Å²) in [5, 5.41) is 7.06. The smallest absolute Gasteiger partial charge is 0.398 e. The third-order valence-electron chi connectivity index (χ3n) is 7.55. The summed E-state index contributed by atoms with van der Waals surface area (Å²) in [4.78, 5) is 16.7. The average molecular weight is 432 g/mol. The summed E-state index contributed by atoms with van der Waals surface area (Å²) in [6.45, 7) is 3.10. The van der Waals surface area contributed by atoms with Crippen molar-refractivity contribution in [3.05, 3.63) is 47.3 Å². The van der Waals surface area contributed by atoms with Crippen LogP contribution in [-0.4, -0.2) is 65.0 Å². The highest BCUT2D eigenvalue weighted by molar-refractivity contribution is 5.76. The van der Waals surface area contributed by atoms with Crippen molar-refractivity contribution in [2.24, 2.45) is 5.92 Å². The number of halogens is 3. The highest BCUT2D eigenvalue weighted by atomic mass is 19.4. The number of ether oxygens (including phenoxy) is 1. The standard InChI is InChI=1S/C22H23F3N4O2/c23-22(24,25)21(5-6-21)16-3-1-13(2-4-16)14-8-28(9-14)20(30)29-10-15-12-31-18-7-26-27-19(18)17(15)11-29/h1-4,7,14-15,17H,5-6,8-12H2,(H,26,27)/t15-,17-/m0/s1. The first-order valence-electron chi connectivity index (χ1n) is 10.7. The predicted octanol–water partition coefficient (Wildman–Crippen LogP) is 3.63. The van der Waals surface area contributed by atoms with Crippen molar-refractivity contribution in [2.75, 3.05) is 32.8 Å². The van der Waals surface area contributed by atoms with E-state index < -0.39 is 11.6 Å². The summed E-state index contributed by atoms with van der Waals surface area (Å²) in [6.07, 6.45) is -2.17. The lowest BCUT2D eigenvalue weighted by Crippen LogP contribution is -2.53. The molecule has 1 aliphatic carbocycles. The average Bonchev–Trinajstić information content (AvgIpc) is 3.20. The van der Waals surface area contributed by atoms with Crippen molar-refractivity contribution in [1.82, 2.24) is 20.0 Å². The highest BCUT2D eigenvalue weighted by Gasteiger charge is 2.64. The molecule has 1 saturated carbocycles. The van der Waals surface area contributed by atoms with Crippen LogP contribution >= 0.6 is 0 Å². The molecular weight excluding hydrogens is 409 g/mol. The minimum Gasteiger partial charge on any atom is -0.490 e. The number of fused-ring (bicyclic) bond motifs is 3. The van der Waals surface area contributed by atoms with E-state index >= 15 is 0 Å². The first kappa shape index (κ1) is 19.0. The van der Waals surface area contributed by atoms with Gasteiger partial charge in [0.25, 0.3) is 0 Å². The number of carbonyl (C=O) groups excluding carboxylic acids is 1. The number of urea groups is 1. The highest BCUT2D eigenvalue weighted by Crippen LogP contribution is 2.59. The molecule has 2 aromatic rings. The van der Waals surface area contributed by atoms with Gasteiger partial charge in [-0.3, -0.25) is 5.10 Å². The van der Waals surface area contributed by atoms with Crippen LogP contribution in [0.15, 0.2) is 30.5 Å². The fraction of sp³-hybridized carbons (Fsp3) is 0.545. The van der Waals surface area contributed by atoms with Crippen LogP contribution < -0.4 is 4.74 Å². The number of likely N-dealkylation sites (tertiary alicyclic amines) is 2. The van der Waals surface area contributed by atoms with Crippen LogP contribution in [0.2, 0.25) is 0 Å². The van der Waals surface area contributed by atoms with Crippen molar-refractivity contribution in [3.63, 3.8) is 0 Å². The molecule has 3 fully saturated rings. The number of nitrogens with zero attached hydrogens (tertiary/aromatic N) is 3. The lowest BCUT2D eigenvalue weighted by molar-refractivity contribution is -0.160. The van der Waals surface area contributed by atoms with E-state index in [1.807, 2.05) is 9.80 Å². The van der Waals surface area contributed by atoms with E-state index in [-0.39, 0.29) is 36.6 Å². The number of carbonyl (C=O) groups is 1. The van der Waals surface area contributed by atoms with E-state index in [1.165, 1.54) is 0 Å². The van der Waals surface area contributed by atoms with E-state index in [1.54, 1.807) is 30.5 Å². The van der Waals surface area contributed by atoms with Crippen molar-refractivity contribution in [2.45, 2.75) is 36.3 Å². The Morgan fingerprint density at radius 1 is 1.10 bits per heavy atom. The maximum absolute atomic E-state index is 13.3. The number of hydrogen-bond donors (Lipinski definition) is 1. The van der Waals surface area contributed by atoms with Gasteiger partial charge in [0.2, 0.25) is 0 Å². The molecule has 4 heterocycles. The summed E-state index contributed by atoms with van der Waals surface area (Å²) in [5.74, 6) is 1.45. The fourth-order valence-corrected chi connectivity index (χ4v) is 5.37. The summed E-state index contributed by atoms with van der Waals surface area (Å²) >= 11 is 0. The van der Waals surface area contributed by atoms with Crippen LogP contribution in [0.5, 0.6) is 5.75 Å². The number of aromatic nitrogens is 2. The lowest BCUT2D eigenvalue weighted by atomic mass is 9.88. The molecule has 4 aliphatic rings. The Morgan fingerprint density at radius 3 is 2.48 bits per heavy atom. The van der Waals surface area contributed by atoms with E-state index in [2.05, 4.69) is 10.2 Å². The van der Waals surface area contributed by atoms with Gasteiger partial charge in [0.15, 0.2) is 5.75 Å². The van der Waals surface area contributed by atoms with Crippen LogP contribution in [0.4, 0.5) is 18.0 Å². The van der Waals surface area contributed by atoms with Crippen molar-refractivity contribution in [3.8, 4) is 5.75 Å². The van der Waals surface area contributed by atoms with Gasteiger partial charge in [-0.15, -0.1) is 0 Å². The van der Waals surface area contributed by atoms with Gasteiger partial charge < -0.3 is 14.5 Å². The Morgan fingerprint density at radius 2 is 1.81 bits per heavy atom. The maximum Gasteiger partial charge on any atom is 0.398 e. The molecule has 2 amide bonds. The molecule has 31 heavy (non-hydrogen) atoms. The van der Waals surface area contributed by atoms with Crippen LogP contribution in [-0.2, 0) is 5.41 Å². The molecule has 1 aromatic carbocycles. The number of alkyl halides is 3. The predicted molar refractivity (Wildman–Crippen MR) is 105 cm³/mol. The van der Waals surface area contributed by atoms with Gasteiger partial charge in [-0.25, -0.2) is 4.79 Å². The molecule has 6 rings (SSSR count). The number of rotatable bonds is 2. The van der Waals surface area contributed by atoms with E-state index in [4.69, 9.17) is 4.74 Å². The molecule has 2 atom stereocenters. The molecular formula is C22H23F3N4O2. The summed E-state index contributed by atoms with van der Waals surface area (Å²) in [7, 11) is 0. The molecule has 0 radical (unpaired) electrons. The molecule has 164 valence electrons. The Balaban J connectivity index is 1.08. The van der Waals surface area contributed by atoms with E-state index in [0.29, 0.717) is 38.3 Å². The van der Waals surface area contributed by atoms with Crippen LogP contribution in [0.25, 0.3) is 0 Å². The van der Waals surface area contributed by atoms with Crippen molar-refractivity contribution < 1.29 is 22.7 Å². The first-order valence-corrected chi connectivity index (χ1v) is 10.7. The fourth-order valence-electron chi connectivity index (χ4n) is 5.37. The molecule has 1 N–H and O–H groups in total. The molecule has 0 bridgehead atoms. The number of nitrogens with one attached hydrogen (secondary N) is 1. The Hall–Kier alpha value is -2.71. The topological polar surface area (TPSA) is 61.5 Å². The Bertz CT molecular complexity index is 1010. The normalized spacial score (nSPS) is 26.7. The van der Waals surface area contributed by atoms with Crippen LogP contribution in [0.1, 0.15) is 41.5 Å². The molecule has 0 spiro atoms. The van der Waals surface area contributed by atoms with Gasteiger partial charge in [0.05, 0.1) is 23.9 Å². The van der Waals surface area contributed by atoms with Crippen molar-refractivity contribution >= 4 is 6.03 Å². The largest absolute Gasteiger partial charge is 0.490 e. The second-order valence-corrected chi connectivity index (χ2v) is 9.32. The second-order valence-electron chi connectivity index (χ2n) is 9.32. The Labute approximate surface area is 177 Å². The number of amides is 2. The third-order valence-corrected chi connectivity index (χ3v) is 7.55. The molecule has 9 heteroatoms. The zero-order valence-electron chi connectivity index (χ0n) is 16.9. The van der Waals surface area contributed by atoms with Gasteiger partial charge in [-0.1, -0.05) is 24.3 Å². The van der Waals surface area contributed by atoms with Gasteiger partial charge in [0, 0.05) is 43.9 Å². The zero-order valence-corrected chi connectivity index (χ0v) is 16.9. The minimum atomic E-state index is -4.19. The van der Waals surface area contributed by atoms with Crippen LogP contribution in [0, 0.1) is 5.92 Å². The molecule has 0 unspecified atom stereocenters. The molecule has 2 saturated heterocycles. The Kier molecular flexibility index (Phi) is 3.92. The monoisotopic (exact) mass is 432 g/mol. The van der Waals surface area contributed by atoms with E-state index in [9.17, 15) is 18.0 Å². The quantitative estimate of drug-likeness (QED) is 0.789. The lowest BCUT2D eigenvalue weighted by Gasteiger charge is -2.41. The summed E-state index contributed by atoms with van der Waals surface area (Å²) in [6, 6.07) is 6.86. The van der Waals surface area contributed by atoms with Crippen molar-refractivity contribution in [1.29, 1.82) is 0 Å².